The van der Waals surface area contributed by atoms with Gasteiger partial charge in [0.15, 0.2) is 0 Å². The number of fused-ring (bicyclic) bond motifs is 1. The number of carboxylic acids is 1. The molecule has 130 valence electrons. The molecular weight excluding hydrogens is 322 g/mol. The summed E-state index contributed by atoms with van der Waals surface area (Å²) in [4.78, 5) is 20.9. The van der Waals surface area contributed by atoms with E-state index >= 15 is 0 Å². The molecule has 2 aromatic rings. The Morgan fingerprint density at radius 1 is 1.32 bits per heavy atom. The minimum Gasteiger partial charge on any atom is -0.481 e. The Labute approximate surface area is 144 Å². The number of aromatic nitrogens is 2. The van der Waals surface area contributed by atoms with Crippen LogP contribution in [0, 0.1) is 10.1 Å². The van der Waals surface area contributed by atoms with Gasteiger partial charge in [0.25, 0.3) is 5.69 Å². The predicted molar refractivity (Wildman–Crippen MR) is 92.8 cm³/mol. The Kier molecular flexibility index (Phi) is 4.92. The number of rotatable bonds is 7. The second-order valence-corrected chi connectivity index (χ2v) is 6.04. The molecule has 1 aliphatic rings. The van der Waals surface area contributed by atoms with Gasteiger partial charge < -0.3 is 5.11 Å². The number of carboxylic acid groups (broad SMARTS) is 1. The van der Waals surface area contributed by atoms with Gasteiger partial charge in [-0.1, -0.05) is 6.08 Å². The van der Waals surface area contributed by atoms with Crippen LogP contribution in [0.25, 0.3) is 11.8 Å². The van der Waals surface area contributed by atoms with Crippen molar-refractivity contribution < 1.29 is 14.8 Å². The smallest absolute Gasteiger partial charge is 0.303 e. The van der Waals surface area contributed by atoms with Gasteiger partial charge in [-0.15, -0.1) is 0 Å². The van der Waals surface area contributed by atoms with Crippen molar-refractivity contribution in [1.29, 1.82) is 0 Å². The van der Waals surface area contributed by atoms with Crippen LogP contribution in [0.2, 0.25) is 0 Å². The van der Waals surface area contributed by atoms with Crippen LogP contribution in [0.4, 0.5) is 5.69 Å². The Morgan fingerprint density at radius 3 is 2.76 bits per heavy atom. The molecule has 0 fully saturated rings. The van der Waals surface area contributed by atoms with E-state index in [0.717, 1.165) is 36.3 Å². The Bertz CT molecular complexity index is 822. The molecule has 1 aliphatic carbocycles. The van der Waals surface area contributed by atoms with Gasteiger partial charge in [0.05, 0.1) is 16.3 Å². The quantitative estimate of drug-likeness (QED) is 0.472. The van der Waals surface area contributed by atoms with E-state index < -0.39 is 10.9 Å². The highest BCUT2D eigenvalue weighted by molar-refractivity contribution is 5.66. The Morgan fingerprint density at radius 2 is 2.08 bits per heavy atom. The molecular formula is C18H19N3O4. The van der Waals surface area contributed by atoms with Crippen LogP contribution in [-0.4, -0.2) is 25.8 Å². The summed E-state index contributed by atoms with van der Waals surface area (Å²) < 4.78 is 1.86. The van der Waals surface area contributed by atoms with Crippen molar-refractivity contribution in [3.63, 3.8) is 0 Å². The molecule has 0 radical (unpaired) electrons. The lowest BCUT2D eigenvalue weighted by Gasteiger charge is -2.04. The molecule has 3 rings (SSSR count). The first-order valence-corrected chi connectivity index (χ1v) is 8.30. The Hall–Kier alpha value is -2.96. The lowest BCUT2D eigenvalue weighted by molar-refractivity contribution is -0.384. The number of nitrogens with zero attached hydrogens (tertiary/aromatic N) is 3. The monoisotopic (exact) mass is 341 g/mol. The van der Waals surface area contributed by atoms with E-state index in [1.165, 1.54) is 17.7 Å². The van der Waals surface area contributed by atoms with Crippen LogP contribution in [-0.2, 0) is 17.6 Å². The molecule has 0 saturated carbocycles. The van der Waals surface area contributed by atoms with Crippen molar-refractivity contribution in [2.24, 2.45) is 0 Å². The first-order valence-electron chi connectivity index (χ1n) is 8.30. The number of unbranched alkanes of at least 4 members (excludes halogenated alkanes) is 1. The van der Waals surface area contributed by atoms with Crippen LogP contribution in [0.15, 0.2) is 30.3 Å². The molecule has 0 spiro atoms. The SMILES string of the molecule is O=C(O)CCCC=Cc1nn(-c2ccc([N+](=O)[O-])cc2)c2c1CCC2. The summed E-state index contributed by atoms with van der Waals surface area (Å²) in [5.74, 6) is -0.781. The zero-order valence-electron chi connectivity index (χ0n) is 13.7. The van der Waals surface area contributed by atoms with Gasteiger partial charge in [0, 0.05) is 29.8 Å². The van der Waals surface area contributed by atoms with E-state index in [2.05, 4.69) is 5.10 Å². The van der Waals surface area contributed by atoms with Crippen LogP contribution in [0.3, 0.4) is 0 Å². The summed E-state index contributed by atoms with van der Waals surface area (Å²) in [5.41, 5.74) is 4.15. The summed E-state index contributed by atoms with van der Waals surface area (Å²) in [5, 5.41) is 24.1. The third-order valence-corrected chi connectivity index (χ3v) is 4.30. The fraction of sp³-hybridized carbons (Fsp3) is 0.333. The number of benzene rings is 1. The Balaban J connectivity index is 1.81. The molecule has 0 unspecified atom stereocenters. The van der Waals surface area contributed by atoms with Gasteiger partial charge in [-0.3, -0.25) is 14.9 Å². The summed E-state index contributed by atoms with van der Waals surface area (Å²) in [7, 11) is 0. The molecule has 1 aromatic carbocycles. The van der Waals surface area contributed by atoms with Crippen molar-refractivity contribution in [3.05, 3.63) is 57.4 Å². The second-order valence-electron chi connectivity index (χ2n) is 6.04. The van der Waals surface area contributed by atoms with Crippen molar-refractivity contribution in [2.75, 3.05) is 0 Å². The average molecular weight is 341 g/mol. The lowest BCUT2D eigenvalue weighted by atomic mass is 10.1. The van der Waals surface area contributed by atoms with E-state index in [-0.39, 0.29) is 12.1 Å². The van der Waals surface area contributed by atoms with Crippen molar-refractivity contribution in [1.82, 2.24) is 9.78 Å². The number of nitro groups is 1. The fourth-order valence-electron chi connectivity index (χ4n) is 3.10. The number of nitro benzene ring substituents is 1. The summed E-state index contributed by atoms with van der Waals surface area (Å²) in [6.07, 6.45) is 8.36. The first kappa shape index (κ1) is 16.9. The largest absolute Gasteiger partial charge is 0.481 e. The zero-order valence-corrected chi connectivity index (χ0v) is 13.7. The van der Waals surface area contributed by atoms with Crippen molar-refractivity contribution in [2.45, 2.75) is 38.5 Å². The number of hydrogen-bond acceptors (Lipinski definition) is 4. The molecule has 1 N–H and O–H groups in total. The van der Waals surface area contributed by atoms with Crippen molar-refractivity contribution >= 4 is 17.7 Å². The molecule has 0 atom stereocenters. The molecule has 7 heteroatoms. The summed E-state index contributed by atoms with van der Waals surface area (Å²) in [6.45, 7) is 0. The van der Waals surface area contributed by atoms with Crippen LogP contribution in [0.5, 0.6) is 0 Å². The molecule has 1 aromatic heterocycles. The van der Waals surface area contributed by atoms with Gasteiger partial charge in [-0.25, -0.2) is 4.68 Å². The van der Waals surface area contributed by atoms with Crippen LogP contribution < -0.4 is 0 Å². The third-order valence-electron chi connectivity index (χ3n) is 4.30. The van der Waals surface area contributed by atoms with Gasteiger partial charge in [-0.2, -0.15) is 5.10 Å². The van der Waals surface area contributed by atoms with E-state index in [1.807, 2.05) is 16.8 Å². The van der Waals surface area contributed by atoms with Gasteiger partial charge in [0.2, 0.25) is 0 Å². The van der Waals surface area contributed by atoms with E-state index in [0.29, 0.717) is 12.8 Å². The molecule has 0 saturated heterocycles. The maximum absolute atomic E-state index is 10.8. The number of non-ortho nitro benzene ring substituents is 1. The van der Waals surface area contributed by atoms with E-state index in [4.69, 9.17) is 5.11 Å². The molecule has 1 heterocycles. The topological polar surface area (TPSA) is 98.3 Å². The standard InChI is InChI=1S/C18H19N3O4/c22-18(23)8-3-1-2-6-16-15-5-4-7-17(15)20(19-16)13-9-11-14(12-10-13)21(24)25/h2,6,9-12H,1,3-5,7-8H2,(H,22,23). The summed E-state index contributed by atoms with van der Waals surface area (Å²) >= 11 is 0. The number of allylic oxidation sites excluding steroid dienone is 1. The molecule has 25 heavy (non-hydrogen) atoms. The molecule has 0 bridgehead atoms. The van der Waals surface area contributed by atoms with E-state index in [1.54, 1.807) is 12.1 Å². The summed E-state index contributed by atoms with van der Waals surface area (Å²) in [6, 6.07) is 6.40. The highest BCUT2D eigenvalue weighted by Crippen LogP contribution is 2.29. The highest BCUT2D eigenvalue weighted by Gasteiger charge is 2.22. The van der Waals surface area contributed by atoms with Gasteiger partial charge in [-0.05, 0) is 50.3 Å². The zero-order chi connectivity index (χ0) is 17.8. The number of hydrogen-bond donors (Lipinski definition) is 1. The van der Waals surface area contributed by atoms with Crippen LogP contribution in [0.1, 0.15) is 42.6 Å². The highest BCUT2D eigenvalue weighted by atomic mass is 16.6. The predicted octanol–water partition coefficient (Wildman–Crippen LogP) is 3.54. The minimum atomic E-state index is -0.781. The first-order chi connectivity index (χ1) is 12.1. The van der Waals surface area contributed by atoms with Gasteiger partial charge >= 0.3 is 5.97 Å². The van der Waals surface area contributed by atoms with Crippen molar-refractivity contribution in [3.8, 4) is 5.69 Å². The lowest BCUT2D eigenvalue weighted by Crippen LogP contribution is -2.01. The second kappa shape index (κ2) is 7.29. The number of carbonyl (C=O) groups is 1. The van der Waals surface area contributed by atoms with Gasteiger partial charge in [0.1, 0.15) is 0 Å². The maximum Gasteiger partial charge on any atom is 0.303 e. The molecule has 0 amide bonds. The normalized spacial score (nSPS) is 13.3. The molecule has 7 nitrogen and oxygen atoms in total. The fourth-order valence-corrected chi connectivity index (χ4v) is 3.10. The third kappa shape index (κ3) is 3.76. The minimum absolute atomic E-state index is 0.0612. The van der Waals surface area contributed by atoms with Crippen LogP contribution >= 0.6 is 0 Å². The molecule has 0 aliphatic heterocycles. The number of aliphatic carboxylic acids is 1. The maximum atomic E-state index is 10.8. The average Bonchev–Trinajstić information content (AvgIpc) is 3.18. The van der Waals surface area contributed by atoms with E-state index in [9.17, 15) is 14.9 Å².